The Balaban J connectivity index is 1.47. The molecule has 1 N–H and O–H groups in total. The molecule has 1 aliphatic heterocycles. The Labute approximate surface area is 169 Å². The van der Waals surface area contributed by atoms with Crippen molar-refractivity contribution in [2.75, 3.05) is 16.8 Å². The summed E-state index contributed by atoms with van der Waals surface area (Å²) in [5.74, 6) is 0.475. The second-order valence-corrected chi connectivity index (χ2v) is 6.97. The third-order valence-corrected chi connectivity index (χ3v) is 4.85. The van der Waals surface area contributed by atoms with Gasteiger partial charge in [-0.1, -0.05) is 60.7 Å². The van der Waals surface area contributed by atoms with Crippen LogP contribution in [-0.4, -0.2) is 18.4 Å². The number of aryl methyl sites for hydroxylation is 1. The van der Waals surface area contributed by atoms with Crippen LogP contribution in [0.5, 0.6) is 5.75 Å². The number of nitrogens with one attached hydrogen (secondary N) is 1. The predicted molar refractivity (Wildman–Crippen MR) is 113 cm³/mol. The van der Waals surface area contributed by atoms with E-state index in [0.29, 0.717) is 36.5 Å². The SMILES string of the molecule is O=C(CCc1ccccc1)Nc1ccc2c(c1)N(Cc1ccccc1)C(=O)CO2. The number of anilines is 2. The summed E-state index contributed by atoms with van der Waals surface area (Å²) >= 11 is 0. The zero-order chi connectivity index (χ0) is 20.1. The van der Waals surface area contributed by atoms with Crippen molar-refractivity contribution < 1.29 is 14.3 Å². The molecule has 0 saturated heterocycles. The van der Waals surface area contributed by atoms with Gasteiger partial charge in [0.05, 0.1) is 12.2 Å². The molecule has 3 aromatic rings. The maximum Gasteiger partial charge on any atom is 0.265 e. The van der Waals surface area contributed by atoms with Crippen LogP contribution in [0, 0.1) is 0 Å². The number of hydrogen-bond donors (Lipinski definition) is 1. The number of benzene rings is 3. The van der Waals surface area contributed by atoms with Crippen LogP contribution in [0.25, 0.3) is 0 Å². The van der Waals surface area contributed by atoms with Gasteiger partial charge in [0.1, 0.15) is 5.75 Å². The van der Waals surface area contributed by atoms with Gasteiger partial charge in [0.2, 0.25) is 5.91 Å². The van der Waals surface area contributed by atoms with E-state index in [1.807, 2.05) is 60.7 Å². The molecule has 1 heterocycles. The zero-order valence-electron chi connectivity index (χ0n) is 16.0. The first-order valence-corrected chi connectivity index (χ1v) is 9.64. The van der Waals surface area contributed by atoms with Gasteiger partial charge >= 0.3 is 0 Å². The largest absolute Gasteiger partial charge is 0.482 e. The molecule has 0 saturated carbocycles. The smallest absolute Gasteiger partial charge is 0.265 e. The monoisotopic (exact) mass is 386 g/mol. The summed E-state index contributed by atoms with van der Waals surface area (Å²) in [5.41, 5.74) is 3.48. The molecular formula is C24H22N2O3. The van der Waals surface area contributed by atoms with E-state index < -0.39 is 0 Å². The minimum atomic E-state index is -0.103. The summed E-state index contributed by atoms with van der Waals surface area (Å²) in [6.07, 6.45) is 1.07. The number of rotatable bonds is 6. The fourth-order valence-corrected chi connectivity index (χ4v) is 3.35. The molecule has 5 heteroatoms. The number of ether oxygens (including phenoxy) is 1. The molecule has 0 aliphatic carbocycles. The average molecular weight is 386 g/mol. The Hall–Kier alpha value is -3.60. The summed E-state index contributed by atoms with van der Waals surface area (Å²) < 4.78 is 5.57. The lowest BCUT2D eigenvalue weighted by atomic mass is 10.1. The predicted octanol–water partition coefficient (Wildman–Crippen LogP) is 4.18. The molecule has 4 rings (SSSR count). The van der Waals surface area contributed by atoms with Gasteiger partial charge < -0.3 is 15.0 Å². The van der Waals surface area contributed by atoms with Crippen molar-refractivity contribution in [1.29, 1.82) is 0 Å². The van der Waals surface area contributed by atoms with Crippen LogP contribution in [0.4, 0.5) is 11.4 Å². The topological polar surface area (TPSA) is 58.6 Å². The molecule has 1 aliphatic rings. The second kappa shape index (κ2) is 8.61. The number of nitrogens with zero attached hydrogens (tertiary/aromatic N) is 1. The first kappa shape index (κ1) is 18.7. The normalized spacial score (nSPS) is 12.8. The maximum absolute atomic E-state index is 12.5. The van der Waals surface area contributed by atoms with Gasteiger partial charge in [-0.15, -0.1) is 0 Å². The molecule has 146 valence electrons. The van der Waals surface area contributed by atoms with Crippen molar-refractivity contribution in [2.45, 2.75) is 19.4 Å². The van der Waals surface area contributed by atoms with E-state index in [1.165, 1.54) is 0 Å². The van der Waals surface area contributed by atoms with Gasteiger partial charge in [-0.2, -0.15) is 0 Å². The second-order valence-electron chi connectivity index (χ2n) is 6.97. The Bertz CT molecular complexity index is 1000. The van der Waals surface area contributed by atoms with Crippen LogP contribution < -0.4 is 15.0 Å². The highest BCUT2D eigenvalue weighted by molar-refractivity contribution is 5.99. The van der Waals surface area contributed by atoms with Crippen molar-refractivity contribution >= 4 is 23.2 Å². The quantitative estimate of drug-likeness (QED) is 0.691. The van der Waals surface area contributed by atoms with Gasteiger partial charge in [0.25, 0.3) is 5.91 Å². The van der Waals surface area contributed by atoms with Crippen LogP contribution in [0.3, 0.4) is 0 Å². The molecule has 0 fully saturated rings. The molecule has 3 aromatic carbocycles. The van der Waals surface area contributed by atoms with Crippen LogP contribution >= 0.6 is 0 Å². The van der Waals surface area contributed by atoms with E-state index in [-0.39, 0.29) is 18.4 Å². The minimum Gasteiger partial charge on any atom is -0.482 e. The van der Waals surface area contributed by atoms with E-state index in [9.17, 15) is 9.59 Å². The van der Waals surface area contributed by atoms with E-state index >= 15 is 0 Å². The van der Waals surface area contributed by atoms with Crippen molar-refractivity contribution in [3.63, 3.8) is 0 Å². The fraction of sp³-hybridized carbons (Fsp3) is 0.167. The zero-order valence-corrected chi connectivity index (χ0v) is 16.0. The molecule has 0 atom stereocenters. The average Bonchev–Trinajstić information content (AvgIpc) is 2.76. The van der Waals surface area contributed by atoms with E-state index in [4.69, 9.17) is 4.74 Å². The third kappa shape index (κ3) is 4.63. The minimum absolute atomic E-state index is 0.0165. The van der Waals surface area contributed by atoms with Crippen molar-refractivity contribution in [2.24, 2.45) is 0 Å². The molecule has 0 aromatic heterocycles. The lowest BCUT2D eigenvalue weighted by molar-refractivity contribution is -0.121. The van der Waals surface area contributed by atoms with Crippen molar-refractivity contribution in [3.05, 3.63) is 90.0 Å². The third-order valence-electron chi connectivity index (χ3n) is 4.85. The lowest BCUT2D eigenvalue weighted by Crippen LogP contribution is -2.38. The van der Waals surface area contributed by atoms with Gasteiger partial charge in [-0.3, -0.25) is 9.59 Å². The number of hydrogen-bond acceptors (Lipinski definition) is 3. The summed E-state index contributed by atoms with van der Waals surface area (Å²) in [6, 6.07) is 25.1. The van der Waals surface area contributed by atoms with Crippen molar-refractivity contribution in [1.82, 2.24) is 0 Å². The molecule has 0 bridgehead atoms. The van der Waals surface area contributed by atoms with Crippen LogP contribution in [0.2, 0.25) is 0 Å². The first-order chi connectivity index (χ1) is 14.2. The first-order valence-electron chi connectivity index (χ1n) is 9.64. The standard InChI is InChI=1S/C24H22N2O3/c27-23(14-11-18-7-3-1-4-8-18)25-20-12-13-22-21(15-20)26(24(28)17-29-22)16-19-9-5-2-6-10-19/h1-10,12-13,15H,11,14,16-17H2,(H,25,27). The molecular weight excluding hydrogens is 364 g/mol. The highest BCUT2D eigenvalue weighted by Crippen LogP contribution is 2.35. The van der Waals surface area contributed by atoms with Crippen molar-refractivity contribution in [3.8, 4) is 5.75 Å². The van der Waals surface area contributed by atoms with Gasteiger partial charge in [0.15, 0.2) is 6.61 Å². The van der Waals surface area contributed by atoms with Crippen LogP contribution in [0.15, 0.2) is 78.9 Å². The number of carbonyl (C=O) groups is 2. The molecule has 2 amide bonds. The fourth-order valence-electron chi connectivity index (χ4n) is 3.35. The summed E-state index contributed by atoms with van der Waals surface area (Å²) in [7, 11) is 0. The number of fused-ring (bicyclic) bond motifs is 1. The number of carbonyl (C=O) groups excluding carboxylic acids is 2. The van der Waals surface area contributed by atoms with E-state index in [1.54, 1.807) is 23.1 Å². The van der Waals surface area contributed by atoms with E-state index in [0.717, 1.165) is 11.1 Å². The summed E-state index contributed by atoms with van der Waals surface area (Å²) in [6.45, 7) is 0.476. The Kier molecular flexibility index (Phi) is 5.56. The number of amides is 2. The molecule has 0 unspecified atom stereocenters. The summed E-state index contributed by atoms with van der Waals surface area (Å²) in [4.78, 5) is 26.5. The lowest BCUT2D eigenvalue weighted by Gasteiger charge is -2.30. The highest BCUT2D eigenvalue weighted by atomic mass is 16.5. The molecule has 0 radical (unpaired) electrons. The Morgan fingerprint density at radius 1 is 0.931 bits per heavy atom. The summed E-state index contributed by atoms with van der Waals surface area (Å²) in [5, 5.41) is 2.93. The Morgan fingerprint density at radius 3 is 2.34 bits per heavy atom. The van der Waals surface area contributed by atoms with Gasteiger partial charge in [-0.05, 0) is 35.7 Å². The van der Waals surface area contributed by atoms with Crippen LogP contribution in [0.1, 0.15) is 17.5 Å². The van der Waals surface area contributed by atoms with Gasteiger partial charge in [-0.25, -0.2) is 0 Å². The van der Waals surface area contributed by atoms with Crippen LogP contribution in [-0.2, 0) is 22.6 Å². The molecule has 5 nitrogen and oxygen atoms in total. The molecule has 0 spiro atoms. The Morgan fingerprint density at radius 2 is 1.62 bits per heavy atom. The molecule has 29 heavy (non-hydrogen) atoms. The highest BCUT2D eigenvalue weighted by Gasteiger charge is 2.26. The van der Waals surface area contributed by atoms with Gasteiger partial charge in [0, 0.05) is 12.1 Å². The maximum atomic E-state index is 12.5. The van der Waals surface area contributed by atoms with E-state index in [2.05, 4.69) is 5.32 Å².